The molecule has 4 heavy (non-hydrogen) atoms. The first-order chi connectivity index (χ1) is 1.41. The number of hydrogen-bond donors (Lipinski definition) is 1. The first kappa shape index (κ1) is 8.82. The summed E-state index contributed by atoms with van der Waals surface area (Å²) in [6.45, 7) is 3.01. The second-order valence-electron chi connectivity index (χ2n) is 0.204. The van der Waals surface area contributed by atoms with Crippen LogP contribution < -0.4 is 5.73 Å². The largest absolute Gasteiger partial charge is 0.580 e. The summed E-state index contributed by atoms with van der Waals surface area (Å²) in [5.74, 6) is 0. The molecule has 0 saturated heterocycles. The van der Waals surface area contributed by atoms with E-state index < -0.39 is 0 Å². The van der Waals surface area contributed by atoms with Crippen molar-refractivity contribution in [1.82, 2.24) is 0 Å². The molecule has 1 nitrogen and oxygen atoms in total. The van der Waals surface area contributed by atoms with Crippen LogP contribution in [-0.4, -0.2) is 0 Å². The summed E-state index contributed by atoms with van der Waals surface area (Å²) in [5.41, 5.74) is 4.49. The molecule has 0 aromatic rings. The maximum absolute atomic E-state index is 4.49. The van der Waals surface area contributed by atoms with Gasteiger partial charge in [0.1, 0.15) is 0 Å². The minimum Gasteiger partial charge on any atom is -0.580 e. The van der Waals surface area contributed by atoms with Gasteiger partial charge >= 0.3 is 0 Å². The molecule has 0 atom stereocenters. The molecule has 2 heteroatoms. The predicted molar refractivity (Wildman–Crippen MR) is 13.1 cm³/mol. The van der Waals surface area contributed by atoms with Gasteiger partial charge in [0.15, 0.2) is 0 Å². The first-order valence-electron chi connectivity index (χ1n) is 0.642. The number of rotatable bonds is 0. The molecule has 0 aromatic heterocycles. The topological polar surface area (TPSA) is 26.0 Å². The van der Waals surface area contributed by atoms with Crippen molar-refractivity contribution in [2.24, 2.45) is 5.73 Å². The van der Waals surface area contributed by atoms with Crippen LogP contribution in [0.2, 0.25) is 0 Å². The third-order valence-electron chi connectivity index (χ3n) is 0. The van der Waals surface area contributed by atoms with Gasteiger partial charge < -0.3 is 11.9 Å². The van der Waals surface area contributed by atoms with Crippen LogP contribution in [0.5, 0.6) is 0 Å². The van der Waals surface area contributed by atoms with E-state index in [1.165, 1.54) is 0 Å². The smallest absolute Gasteiger partial charge is 0 e. The Morgan fingerprint density at radius 1 is 1.75 bits per heavy atom. The standard InChI is InChI=1S/C2H4N.Y/c1-2-3;/h1,3H2;/q-1;. The van der Waals surface area contributed by atoms with Gasteiger partial charge in [-0.15, -0.1) is 0 Å². The summed E-state index contributed by atoms with van der Waals surface area (Å²) >= 11 is 0. The Balaban J connectivity index is 0. The van der Waals surface area contributed by atoms with Gasteiger partial charge in [-0.2, -0.15) is 0 Å². The molecular weight excluding hydrogens is 127 g/mol. The second kappa shape index (κ2) is 9.43. The number of hydrogen-bond acceptors (Lipinski definition) is 1. The summed E-state index contributed by atoms with van der Waals surface area (Å²) in [4.78, 5) is 0. The van der Waals surface area contributed by atoms with Gasteiger partial charge in [0.2, 0.25) is 0 Å². The predicted octanol–water partition coefficient (Wildman–Crippen LogP) is -0.111. The summed E-state index contributed by atoms with van der Waals surface area (Å²) in [5, 5.41) is 0. The molecule has 0 heterocycles. The van der Waals surface area contributed by atoms with Crippen molar-refractivity contribution in [3.8, 4) is 0 Å². The molecule has 0 spiro atoms. The molecule has 0 aliphatic carbocycles. The fraction of sp³-hybridized carbons (Fsp3) is 0. The average Bonchev–Trinajstić information content (AvgIpc) is 0.918. The molecule has 0 saturated carbocycles. The molecule has 0 unspecified atom stereocenters. The van der Waals surface area contributed by atoms with E-state index in [9.17, 15) is 0 Å². The minimum atomic E-state index is 0. The van der Waals surface area contributed by atoms with Gasteiger partial charge in [-0.1, -0.05) is 0 Å². The Kier molecular flexibility index (Phi) is 20.8. The molecule has 0 aromatic carbocycles. The van der Waals surface area contributed by atoms with Gasteiger partial charge in [-0.25, -0.2) is 0 Å². The van der Waals surface area contributed by atoms with Crippen LogP contribution >= 0.6 is 0 Å². The number of nitrogens with two attached hydrogens (primary N) is 1. The van der Waals surface area contributed by atoms with Crippen molar-refractivity contribution in [3.05, 3.63) is 12.8 Å². The van der Waals surface area contributed by atoms with Crippen molar-refractivity contribution >= 4 is 0 Å². The third kappa shape index (κ3) is 17.2. The maximum Gasteiger partial charge on any atom is 0 e. The Bertz CT molecular complexity index is 13.5. The zero-order valence-corrected chi connectivity index (χ0v) is 5.20. The fourth-order valence-corrected chi connectivity index (χ4v) is 0. The van der Waals surface area contributed by atoms with E-state index in [4.69, 9.17) is 0 Å². The molecule has 0 aliphatic heterocycles. The average molecular weight is 131 g/mol. The van der Waals surface area contributed by atoms with Crippen molar-refractivity contribution in [2.45, 2.75) is 0 Å². The van der Waals surface area contributed by atoms with Crippen LogP contribution in [0.4, 0.5) is 0 Å². The van der Waals surface area contributed by atoms with Crippen LogP contribution in [0.25, 0.3) is 0 Å². The Morgan fingerprint density at radius 3 is 1.75 bits per heavy atom. The van der Waals surface area contributed by atoms with Crippen molar-refractivity contribution in [1.29, 1.82) is 0 Å². The Morgan fingerprint density at radius 2 is 1.75 bits per heavy atom. The van der Waals surface area contributed by atoms with Gasteiger partial charge in [-0.05, 0) is 0 Å². The molecule has 2 N–H and O–H groups in total. The van der Waals surface area contributed by atoms with E-state index in [0.717, 1.165) is 0 Å². The quantitative estimate of drug-likeness (QED) is 0.360. The molecule has 0 amide bonds. The van der Waals surface area contributed by atoms with Crippen LogP contribution in [-0.2, 0) is 32.7 Å². The van der Waals surface area contributed by atoms with Crippen molar-refractivity contribution in [2.75, 3.05) is 0 Å². The third-order valence-corrected chi connectivity index (χ3v) is 0. The van der Waals surface area contributed by atoms with E-state index in [-0.39, 0.29) is 32.7 Å². The van der Waals surface area contributed by atoms with Gasteiger partial charge in [0, 0.05) is 32.7 Å². The molecular formula is C2H4NY-. The monoisotopic (exact) mass is 131 g/mol. The maximum atomic E-state index is 4.49. The Hall–Kier alpha value is 0.644. The molecule has 0 aliphatic rings. The zero-order chi connectivity index (χ0) is 2.71. The summed E-state index contributed by atoms with van der Waals surface area (Å²) in [7, 11) is 0. The first-order valence-corrected chi connectivity index (χ1v) is 0.642. The fourth-order valence-electron chi connectivity index (χ4n) is 0. The Labute approximate surface area is 51.1 Å². The molecule has 0 bridgehead atoms. The van der Waals surface area contributed by atoms with Gasteiger partial charge in [0.05, 0.1) is 0 Å². The zero-order valence-electron chi connectivity index (χ0n) is 2.36. The summed E-state index contributed by atoms with van der Waals surface area (Å²) in [6, 6.07) is 0. The van der Waals surface area contributed by atoms with Crippen molar-refractivity contribution in [3.63, 3.8) is 0 Å². The van der Waals surface area contributed by atoms with Crippen molar-refractivity contribution < 1.29 is 32.7 Å². The summed E-state index contributed by atoms with van der Waals surface area (Å²) in [6.07, 6.45) is 2.00. The SMILES string of the molecule is C=[C-]N.[Y]. The van der Waals surface area contributed by atoms with Gasteiger partial charge in [-0.3, -0.25) is 6.58 Å². The second-order valence-corrected chi connectivity index (χ2v) is 0.204. The van der Waals surface area contributed by atoms with E-state index in [0.29, 0.717) is 0 Å². The van der Waals surface area contributed by atoms with Crippen LogP contribution in [0, 0.1) is 6.20 Å². The minimum absolute atomic E-state index is 0. The molecule has 21 valence electrons. The van der Waals surface area contributed by atoms with Crippen LogP contribution in [0.3, 0.4) is 0 Å². The van der Waals surface area contributed by atoms with E-state index in [1.807, 2.05) is 6.20 Å². The molecule has 1 radical (unpaired) electrons. The van der Waals surface area contributed by atoms with Crippen LogP contribution in [0.15, 0.2) is 6.58 Å². The van der Waals surface area contributed by atoms with E-state index in [2.05, 4.69) is 12.3 Å². The van der Waals surface area contributed by atoms with Gasteiger partial charge in [0.25, 0.3) is 0 Å². The summed E-state index contributed by atoms with van der Waals surface area (Å²) < 4.78 is 0. The molecule has 0 rings (SSSR count). The normalized spacial score (nSPS) is 3.00. The molecule has 0 fully saturated rings. The van der Waals surface area contributed by atoms with E-state index >= 15 is 0 Å². The van der Waals surface area contributed by atoms with E-state index in [1.54, 1.807) is 0 Å². The van der Waals surface area contributed by atoms with Crippen LogP contribution in [0.1, 0.15) is 0 Å².